The van der Waals surface area contributed by atoms with Gasteiger partial charge >= 0.3 is 0 Å². The van der Waals surface area contributed by atoms with Gasteiger partial charge in [-0.1, -0.05) is 23.8 Å². The molecule has 1 aromatic heterocycles. The first-order chi connectivity index (χ1) is 7.88. The molecule has 0 saturated carbocycles. The number of hydrogen-bond donors (Lipinski definition) is 0. The van der Waals surface area contributed by atoms with E-state index in [0.29, 0.717) is 0 Å². The van der Waals surface area contributed by atoms with Gasteiger partial charge in [0.1, 0.15) is 0 Å². The number of aromatic nitrogens is 1. The highest BCUT2D eigenvalue weighted by Gasteiger charge is 2.26. The molecule has 0 saturated heterocycles. The minimum atomic E-state index is -0.0170. The van der Waals surface area contributed by atoms with Gasteiger partial charge in [0.25, 0.3) is 0 Å². The van der Waals surface area contributed by atoms with Crippen molar-refractivity contribution >= 4 is 0 Å². The lowest BCUT2D eigenvalue weighted by atomic mass is 10.0. The van der Waals surface area contributed by atoms with Crippen LogP contribution in [0.4, 0.5) is 0 Å². The van der Waals surface area contributed by atoms with Crippen LogP contribution in [0.2, 0.25) is 0 Å². The summed E-state index contributed by atoms with van der Waals surface area (Å²) in [5.74, 6) is 0.928. The molecule has 2 heteroatoms. The Morgan fingerprint density at radius 2 is 1.76 bits per heavy atom. The van der Waals surface area contributed by atoms with E-state index < -0.39 is 0 Å². The Balaban J connectivity index is 2.44. The molecule has 0 radical (unpaired) electrons. The maximum Gasteiger partial charge on any atom is 0.221 e. The van der Waals surface area contributed by atoms with Crippen molar-refractivity contribution < 1.29 is 9.26 Å². The molecule has 17 heavy (non-hydrogen) atoms. The van der Waals surface area contributed by atoms with Crippen molar-refractivity contribution in [3.63, 3.8) is 0 Å². The van der Waals surface area contributed by atoms with Crippen LogP contribution in [0.25, 0.3) is 11.3 Å². The fourth-order valence-corrected chi connectivity index (χ4v) is 1.89. The van der Waals surface area contributed by atoms with Gasteiger partial charge in [0.15, 0.2) is 0 Å². The summed E-state index contributed by atoms with van der Waals surface area (Å²) >= 11 is 0. The molecule has 0 N–H and O–H groups in total. The summed E-state index contributed by atoms with van der Waals surface area (Å²) in [7, 11) is 0. The summed E-state index contributed by atoms with van der Waals surface area (Å²) in [6.45, 7) is 10.6. The van der Waals surface area contributed by atoms with Gasteiger partial charge < -0.3 is 0 Å². The molecule has 90 valence electrons. The highest BCUT2D eigenvalue weighted by atomic mass is 16.5. The van der Waals surface area contributed by atoms with E-state index in [1.165, 1.54) is 16.7 Å². The molecular formula is C15H20NO+. The molecule has 0 spiro atoms. The largest absolute Gasteiger partial charge is 0.236 e. The lowest BCUT2D eigenvalue weighted by Crippen LogP contribution is -2.48. The molecule has 0 amide bonds. The van der Waals surface area contributed by atoms with E-state index in [1.54, 1.807) is 0 Å². The standard InChI is InChI=1S/C15H20NO/c1-11-6-7-13(12(2)10-11)14-8-9-16(17-14)15(3,4)5/h6-10H,1-5H3/q+1. The topological polar surface area (TPSA) is 17.0 Å². The van der Waals surface area contributed by atoms with Gasteiger partial charge in [-0.2, -0.15) is 0 Å². The average Bonchev–Trinajstić information content (AvgIpc) is 2.65. The van der Waals surface area contributed by atoms with Crippen LogP contribution in [0.5, 0.6) is 0 Å². The maximum atomic E-state index is 5.87. The van der Waals surface area contributed by atoms with E-state index in [-0.39, 0.29) is 5.54 Å². The maximum absolute atomic E-state index is 5.87. The third-order valence-corrected chi connectivity index (χ3v) is 2.87. The number of benzene rings is 1. The molecule has 0 fully saturated rings. The predicted molar refractivity (Wildman–Crippen MR) is 68.8 cm³/mol. The van der Waals surface area contributed by atoms with Crippen LogP contribution in [0.3, 0.4) is 0 Å². The highest BCUT2D eigenvalue weighted by molar-refractivity contribution is 5.61. The summed E-state index contributed by atoms with van der Waals surface area (Å²) in [6, 6.07) is 8.45. The summed E-state index contributed by atoms with van der Waals surface area (Å²) in [4.78, 5) is 0. The van der Waals surface area contributed by atoms with Crippen molar-refractivity contribution in [3.8, 4) is 11.3 Å². The zero-order chi connectivity index (χ0) is 12.6. The monoisotopic (exact) mass is 230 g/mol. The van der Waals surface area contributed by atoms with Crippen LogP contribution in [0, 0.1) is 13.8 Å². The van der Waals surface area contributed by atoms with Crippen LogP contribution in [0.15, 0.2) is 35.0 Å². The lowest BCUT2D eigenvalue weighted by molar-refractivity contribution is -0.905. The third-order valence-electron chi connectivity index (χ3n) is 2.87. The third kappa shape index (κ3) is 2.41. The van der Waals surface area contributed by atoms with Gasteiger partial charge in [-0.05, 0) is 24.2 Å². The minimum Gasteiger partial charge on any atom is -0.236 e. The zero-order valence-electron chi connectivity index (χ0n) is 11.2. The first kappa shape index (κ1) is 11.9. The molecule has 2 nitrogen and oxygen atoms in total. The number of aryl methyl sites for hydroxylation is 2. The van der Waals surface area contributed by atoms with Crippen molar-refractivity contribution in [3.05, 3.63) is 41.6 Å². The quantitative estimate of drug-likeness (QED) is 0.684. The van der Waals surface area contributed by atoms with Crippen LogP contribution >= 0.6 is 0 Å². The van der Waals surface area contributed by atoms with Gasteiger partial charge in [0.2, 0.25) is 17.5 Å². The SMILES string of the molecule is Cc1ccc(-c2cc[n+](C(C)(C)C)o2)c(C)c1. The van der Waals surface area contributed by atoms with Crippen molar-refractivity contribution in [2.75, 3.05) is 0 Å². The lowest BCUT2D eigenvalue weighted by Gasteiger charge is -2.06. The van der Waals surface area contributed by atoms with Crippen LogP contribution in [-0.4, -0.2) is 0 Å². The van der Waals surface area contributed by atoms with E-state index in [4.69, 9.17) is 4.52 Å². The van der Waals surface area contributed by atoms with Gasteiger partial charge in [0.05, 0.1) is 6.07 Å². The fraction of sp³-hybridized carbons (Fsp3) is 0.400. The number of hydrogen-bond acceptors (Lipinski definition) is 1. The smallest absolute Gasteiger partial charge is 0.221 e. The normalized spacial score (nSPS) is 11.8. The predicted octanol–water partition coefficient (Wildman–Crippen LogP) is 3.61. The van der Waals surface area contributed by atoms with E-state index in [0.717, 1.165) is 5.76 Å². The molecular weight excluding hydrogens is 210 g/mol. The van der Waals surface area contributed by atoms with Crippen molar-refractivity contribution in [1.82, 2.24) is 0 Å². The molecule has 0 bridgehead atoms. The molecule has 1 aromatic carbocycles. The van der Waals surface area contributed by atoms with E-state index >= 15 is 0 Å². The summed E-state index contributed by atoms with van der Waals surface area (Å²) < 4.78 is 7.76. The Morgan fingerprint density at radius 1 is 1.06 bits per heavy atom. The summed E-state index contributed by atoms with van der Waals surface area (Å²) in [6.07, 6.45) is 1.99. The second kappa shape index (κ2) is 4.02. The Hall–Kier alpha value is -1.57. The van der Waals surface area contributed by atoms with Crippen molar-refractivity contribution in [2.45, 2.75) is 40.2 Å². The van der Waals surface area contributed by atoms with Gasteiger partial charge in [-0.25, -0.2) is 4.52 Å². The molecule has 0 aliphatic heterocycles. The Kier molecular flexibility index (Phi) is 2.82. The first-order valence-corrected chi connectivity index (χ1v) is 5.98. The molecule has 0 unspecified atom stereocenters. The second-order valence-corrected chi connectivity index (χ2v) is 5.59. The number of rotatable bonds is 1. The molecule has 1 heterocycles. The fourth-order valence-electron chi connectivity index (χ4n) is 1.89. The molecule has 0 aliphatic carbocycles. The Morgan fingerprint density at radius 3 is 2.29 bits per heavy atom. The van der Waals surface area contributed by atoms with Gasteiger partial charge in [0, 0.05) is 26.3 Å². The van der Waals surface area contributed by atoms with Crippen LogP contribution in [0.1, 0.15) is 31.9 Å². The molecule has 2 aromatic rings. The zero-order valence-corrected chi connectivity index (χ0v) is 11.2. The Labute approximate surface area is 103 Å². The van der Waals surface area contributed by atoms with E-state index in [9.17, 15) is 0 Å². The number of nitrogens with zero attached hydrogens (tertiary/aromatic N) is 1. The highest BCUT2D eigenvalue weighted by Crippen LogP contribution is 2.23. The first-order valence-electron chi connectivity index (χ1n) is 5.98. The van der Waals surface area contributed by atoms with Crippen LogP contribution in [-0.2, 0) is 5.54 Å². The minimum absolute atomic E-state index is 0.0170. The molecule has 0 aliphatic rings. The summed E-state index contributed by atoms with van der Waals surface area (Å²) in [5.41, 5.74) is 3.68. The van der Waals surface area contributed by atoms with Gasteiger partial charge in [-0.15, -0.1) is 0 Å². The second-order valence-electron chi connectivity index (χ2n) is 5.59. The van der Waals surface area contributed by atoms with E-state index in [2.05, 4.69) is 52.8 Å². The molecule has 0 atom stereocenters. The van der Waals surface area contributed by atoms with Crippen molar-refractivity contribution in [1.29, 1.82) is 0 Å². The Bertz CT molecular complexity index is 532. The van der Waals surface area contributed by atoms with Gasteiger partial charge in [-0.3, -0.25) is 0 Å². The molecule has 2 rings (SSSR count). The van der Waals surface area contributed by atoms with E-state index in [1.807, 2.05) is 17.0 Å². The van der Waals surface area contributed by atoms with Crippen LogP contribution < -0.4 is 4.74 Å². The summed E-state index contributed by atoms with van der Waals surface area (Å²) in [5, 5.41) is 0. The van der Waals surface area contributed by atoms with Crippen molar-refractivity contribution in [2.24, 2.45) is 0 Å². The average molecular weight is 230 g/mol.